The van der Waals surface area contributed by atoms with Gasteiger partial charge in [-0.25, -0.2) is 23.4 Å². The molecule has 1 fully saturated rings. The van der Waals surface area contributed by atoms with Crippen molar-refractivity contribution in [2.45, 2.75) is 12.5 Å². The van der Waals surface area contributed by atoms with E-state index in [0.717, 1.165) is 6.08 Å². The molecule has 4 aromatic rings. The van der Waals surface area contributed by atoms with Crippen LogP contribution in [-0.2, 0) is 4.79 Å². The summed E-state index contributed by atoms with van der Waals surface area (Å²) >= 11 is 0. The number of hydrogen-bond acceptors (Lipinski definition) is 7. The van der Waals surface area contributed by atoms with E-state index >= 15 is 0 Å². The van der Waals surface area contributed by atoms with Gasteiger partial charge in [0, 0.05) is 30.8 Å². The lowest BCUT2D eigenvalue weighted by Gasteiger charge is -2.14. The zero-order valence-corrected chi connectivity index (χ0v) is 20.3. The van der Waals surface area contributed by atoms with Crippen molar-refractivity contribution in [1.82, 2.24) is 24.6 Å². The number of hydrogen-bond donors (Lipinski definition) is 2. The molecular weight excluding hydrogens is 527 g/mol. The number of aromatic nitrogens is 4. The highest BCUT2D eigenvalue weighted by molar-refractivity contribution is 5.98. The smallest absolute Gasteiger partial charge is 0.249 e. The zero-order chi connectivity index (χ0) is 28.3. The molecule has 0 aliphatic carbocycles. The standard InChI is InChI=1S/C24H18F4N6O3.CH3F/c25-15-9-16(26)20(28)22(19(15)27)37-14-3-1-12(2-4-14)21-18-23(29)30-11-31-24(18)34(32-21)13-5-7-33(10-13)17(36)6-8-35;1-2/h1-4,6,8-9,11,13,35H,5,7,10H2,(H2,29,30,31);1H3/b8-6-;/t13-;/m1./s1. The van der Waals surface area contributed by atoms with Crippen molar-refractivity contribution in [2.24, 2.45) is 0 Å². The molecule has 0 radical (unpaired) electrons. The van der Waals surface area contributed by atoms with Gasteiger partial charge in [-0.05, 0) is 30.7 Å². The first-order valence-electron chi connectivity index (χ1n) is 11.4. The molecule has 14 heteroatoms. The van der Waals surface area contributed by atoms with Gasteiger partial charge in [0.2, 0.25) is 23.3 Å². The van der Waals surface area contributed by atoms with Crippen molar-refractivity contribution in [2.75, 3.05) is 26.0 Å². The van der Waals surface area contributed by atoms with Crippen LogP contribution in [0.4, 0.5) is 27.8 Å². The molecule has 1 atom stereocenters. The van der Waals surface area contributed by atoms with Crippen LogP contribution in [-0.4, -0.2) is 55.9 Å². The van der Waals surface area contributed by atoms with E-state index in [0.29, 0.717) is 55.2 Å². The minimum atomic E-state index is -1.66. The molecule has 1 aliphatic rings. The fourth-order valence-corrected chi connectivity index (χ4v) is 4.20. The van der Waals surface area contributed by atoms with Crippen molar-refractivity contribution in [3.05, 3.63) is 72.3 Å². The number of likely N-dealkylation sites (tertiary alicyclic amines) is 1. The van der Waals surface area contributed by atoms with Gasteiger partial charge in [0.1, 0.15) is 23.6 Å². The van der Waals surface area contributed by atoms with E-state index in [4.69, 9.17) is 15.6 Å². The van der Waals surface area contributed by atoms with Crippen molar-refractivity contribution in [3.8, 4) is 22.8 Å². The molecule has 0 unspecified atom stereocenters. The van der Waals surface area contributed by atoms with Crippen LogP contribution in [0.15, 0.2) is 49.0 Å². The summed E-state index contributed by atoms with van der Waals surface area (Å²) in [5.41, 5.74) is 7.51. The highest BCUT2D eigenvalue weighted by Gasteiger charge is 2.30. The third-order valence-corrected chi connectivity index (χ3v) is 5.98. The molecule has 1 amide bonds. The average molecular weight is 548 g/mol. The van der Waals surface area contributed by atoms with Gasteiger partial charge >= 0.3 is 0 Å². The number of benzene rings is 2. The Morgan fingerprint density at radius 3 is 2.41 bits per heavy atom. The molecule has 0 bridgehead atoms. The predicted molar refractivity (Wildman–Crippen MR) is 131 cm³/mol. The highest BCUT2D eigenvalue weighted by atomic mass is 19.2. The Labute approximate surface area is 218 Å². The first kappa shape index (κ1) is 27.3. The van der Waals surface area contributed by atoms with Crippen LogP contribution >= 0.6 is 0 Å². The van der Waals surface area contributed by atoms with Gasteiger partial charge in [0.15, 0.2) is 17.3 Å². The molecule has 9 nitrogen and oxygen atoms in total. The Bertz CT molecular complexity index is 1520. The molecular formula is C25H21F5N6O3. The van der Waals surface area contributed by atoms with Gasteiger partial charge in [-0.1, -0.05) is 0 Å². The van der Waals surface area contributed by atoms with Crippen LogP contribution in [0.3, 0.4) is 0 Å². The van der Waals surface area contributed by atoms with Crippen molar-refractivity contribution < 1.29 is 36.6 Å². The second-order valence-electron chi connectivity index (χ2n) is 8.22. The molecule has 3 N–H and O–H groups in total. The molecule has 1 saturated heterocycles. The predicted octanol–water partition coefficient (Wildman–Crippen LogP) is 4.86. The van der Waals surface area contributed by atoms with Gasteiger partial charge in [0.05, 0.1) is 24.9 Å². The first-order chi connectivity index (χ1) is 18.8. The number of aliphatic hydroxyl groups is 1. The van der Waals surface area contributed by atoms with Gasteiger partial charge in [0.25, 0.3) is 0 Å². The lowest BCUT2D eigenvalue weighted by atomic mass is 10.1. The van der Waals surface area contributed by atoms with E-state index in [1.165, 1.54) is 30.6 Å². The number of ether oxygens (including phenoxy) is 1. The van der Waals surface area contributed by atoms with E-state index < -0.39 is 29.0 Å². The number of anilines is 1. The molecule has 2 aromatic heterocycles. The molecule has 0 saturated carbocycles. The Balaban J connectivity index is 0.00000172. The zero-order valence-electron chi connectivity index (χ0n) is 20.3. The van der Waals surface area contributed by atoms with Gasteiger partial charge in [-0.3, -0.25) is 9.18 Å². The number of nitrogen functional groups attached to an aromatic ring is 1. The molecule has 3 heterocycles. The maximum atomic E-state index is 14.0. The largest absolute Gasteiger partial charge is 0.515 e. The van der Waals surface area contributed by atoms with E-state index in [9.17, 15) is 26.7 Å². The van der Waals surface area contributed by atoms with E-state index in [2.05, 4.69) is 15.1 Å². The van der Waals surface area contributed by atoms with Crippen LogP contribution in [0.1, 0.15) is 12.5 Å². The molecule has 2 aromatic carbocycles. The Morgan fingerprint density at radius 2 is 1.77 bits per heavy atom. The number of fused-ring (bicyclic) bond motifs is 1. The van der Waals surface area contributed by atoms with Crippen molar-refractivity contribution in [3.63, 3.8) is 0 Å². The van der Waals surface area contributed by atoms with Gasteiger partial charge in [-0.15, -0.1) is 0 Å². The van der Waals surface area contributed by atoms with Crippen LogP contribution in [0.25, 0.3) is 22.3 Å². The topological polar surface area (TPSA) is 119 Å². The molecule has 0 spiro atoms. The first-order valence-corrected chi connectivity index (χ1v) is 11.4. The number of nitrogens with two attached hydrogens (primary N) is 1. The normalized spacial score (nSPS) is 15.0. The van der Waals surface area contributed by atoms with Crippen molar-refractivity contribution in [1.29, 1.82) is 0 Å². The quantitative estimate of drug-likeness (QED) is 0.158. The number of halogens is 5. The molecule has 5 rings (SSSR count). The molecule has 204 valence electrons. The summed E-state index contributed by atoms with van der Waals surface area (Å²) in [4.78, 5) is 22.0. The highest BCUT2D eigenvalue weighted by Crippen LogP contribution is 2.36. The minimum absolute atomic E-state index is 0.0820. The van der Waals surface area contributed by atoms with E-state index in [1.54, 1.807) is 9.58 Å². The number of amides is 1. The number of carbonyl (C=O) groups excluding carboxylic acids is 1. The second kappa shape index (κ2) is 11.3. The molecule has 1 aliphatic heterocycles. The summed E-state index contributed by atoms with van der Waals surface area (Å²) in [5.74, 6) is -7.93. The SMILES string of the molecule is CF.Nc1ncnc2c1c(-c1ccc(Oc3c(F)c(F)cc(F)c3F)cc1)nn2[C@@H]1CCN(C(=O)/C=C\O)C1. The third kappa shape index (κ3) is 5.17. The Hall–Kier alpha value is -4.75. The molecule has 39 heavy (non-hydrogen) atoms. The van der Waals surface area contributed by atoms with Crippen LogP contribution in [0.5, 0.6) is 11.5 Å². The van der Waals surface area contributed by atoms with E-state index in [1.807, 2.05) is 0 Å². The Kier molecular flexibility index (Phi) is 7.93. The average Bonchev–Trinajstić information content (AvgIpc) is 3.58. The summed E-state index contributed by atoms with van der Waals surface area (Å²) in [7, 11) is 0.500. The Morgan fingerprint density at radius 1 is 1.10 bits per heavy atom. The van der Waals surface area contributed by atoms with Crippen LogP contribution in [0, 0.1) is 23.3 Å². The maximum Gasteiger partial charge on any atom is 0.249 e. The third-order valence-electron chi connectivity index (χ3n) is 5.98. The fraction of sp³-hybridized carbons (Fsp3) is 0.200. The van der Waals surface area contributed by atoms with Crippen LogP contribution in [0.2, 0.25) is 0 Å². The summed E-state index contributed by atoms with van der Waals surface area (Å²) in [6.45, 7) is 0.780. The maximum absolute atomic E-state index is 14.0. The number of aliphatic hydroxyl groups excluding tert-OH is 1. The lowest BCUT2D eigenvalue weighted by Crippen LogP contribution is -2.27. The number of rotatable bonds is 5. The van der Waals surface area contributed by atoms with Crippen LogP contribution < -0.4 is 10.5 Å². The number of nitrogens with zero attached hydrogens (tertiary/aromatic N) is 5. The van der Waals surface area contributed by atoms with Gasteiger partial charge < -0.3 is 20.5 Å². The fourth-order valence-electron chi connectivity index (χ4n) is 4.20. The van der Waals surface area contributed by atoms with Gasteiger partial charge in [-0.2, -0.15) is 13.9 Å². The summed E-state index contributed by atoms with van der Waals surface area (Å²) in [5, 5.41) is 14.0. The summed E-state index contributed by atoms with van der Waals surface area (Å²) in [6.07, 6.45) is 3.63. The lowest BCUT2D eigenvalue weighted by molar-refractivity contribution is -0.125. The summed E-state index contributed by atoms with van der Waals surface area (Å²) < 4.78 is 71.2. The number of alkyl halides is 1. The monoisotopic (exact) mass is 548 g/mol. The van der Waals surface area contributed by atoms with E-state index in [-0.39, 0.29) is 29.6 Å². The second-order valence-corrected chi connectivity index (χ2v) is 8.22. The van der Waals surface area contributed by atoms with Crippen molar-refractivity contribution >= 4 is 22.8 Å². The minimum Gasteiger partial charge on any atom is -0.515 e. The number of carbonyl (C=O) groups is 1. The summed E-state index contributed by atoms with van der Waals surface area (Å²) in [6, 6.07) is 5.61.